The van der Waals surface area contributed by atoms with Crippen LogP contribution in [-0.2, 0) is 24.6 Å². The molecule has 1 aromatic carbocycles. The highest BCUT2D eigenvalue weighted by molar-refractivity contribution is 7.99. The minimum absolute atomic E-state index is 0.0210. The molecule has 0 fully saturated rings. The number of carbonyl (C=O) groups excluding carboxylic acids is 1. The van der Waals surface area contributed by atoms with E-state index in [1.807, 2.05) is 18.7 Å². The monoisotopic (exact) mass is 501 g/mol. The maximum atomic E-state index is 10.8. The van der Waals surface area contributed by atoms with Crippen LogP contribution in [0.15, 0.2) is 24.3 Å². The number of benzene rings is 1. The van der Waals surface area contributed by atoms with Gasteiger partial charge in [0.1, 0.15) is 6.54 Å². The summed E-state index contributed by atoms with van der Waals surface area (Å²) in [6, 6.07) is 10.1. The molecular weight excluding hydrogens is 452 g/mol. The van der Waals surface area contributed by atoms with E-state index in [-0.39, 0.29) is 11.9 Å². The van der Waals surface area contributed by atoms with Crippen LogP contribution >= 0.6 is 11.8 Å². The first kappa shape index (κ1) is 32.1. The molecule has 0 bridgehead atoms. The fourth-order valence-electron chi connectivity index (χ4n) is 3.33. The second-order valence-corrected chi connectivity index (χ2v) is 13.8. The zero-order chi connectivity index (χ0) is 25.5. The molecule has 33 heavy (non-hydrogen) atoms. The molecule has 1 aromatic rings. The van der Waals surface area contributed by atoms with Gasteiger partial charge in [0, 0.05) is 51.7 Å². The van der Waals surface area contributed by atoms with Gasteiger partial charge >= 0.3 is 8.80 Å². The second kappa shape index (κ2) is 16.7. The van der Waals surface area contributed by atoms with Crippen molar-refractivity contribution in [1.82, 2.24) is 5.32 Å². The van der Waals surface area contributed by atoms with Crippen molar-refractivity contribution in [2.45, 2.75) is 65.1 Å². The van der Waals surface area contributed by atoms with E-state index in [0.717, 1.165) is 35.0 Å². The van der Waals surface area contributed by atoms with Crippen LogP contribution in [0.1, 0.15) is 57.6 Å². The van der Waals surface area contributed by atoms with Crippen molar-refractivity contribution in [3.05, 3.63) is 35.4 Å². The molecule has 0 spiro atoms. The van der Waals surface area contributed by atoms with E-state index < -0.39 is 8.80 Å². The SMILES string of the molecule is CCC(C)c1ccc(C[N+](C)(C)C)cc1.CO[Si](CCCSCC(C)NC(C)=O)(OC)OC. The Morgan fingerprint density at radius 3 is 2.03 bits per heavy atom. The normalized spacial score (nSPS) is 13.6. The molecule has 0 aromatic heterocycles. The highest BCUT2D eigenvalue weighted by atomic mass is 32.2. The quantitative estimate of drug-likeness (QED) is 0.223. The van der Waals surface area contributed by atoms with Gasteiger partial charge < -0.3 is 23.1 Å². The first-order valence-electron chi connectivity index (χ1n) is 11.8. The molecule has 192 valence electrons. The Balaban J connectivity index is 0.000000629. The molecule has 1 N–H and O–H groups in total. The molecule has 8 heteroatoms. The van der Waals surface area contributed by atoms with E-state index >= 15 is 0 Å². The number of carbonyl (C=O) groups is 1. The number of nitrogens with one attached hydrogen (secondary N) is 1. The third-order valence-corrected chi connectivity index (χ3v) is 9.49. The number of quaternary nitrogens is 1. The molecular formula is C25H49N2O4SSi+. The number of amides is 1. The predicted molar refractivity (Wildman–Crippen MR) is 144 cm³/mol. The van der Waals surface area contributed by atoms with Gasteiger partial charge in [0.2, 0.25) is 5.91 Å². The minimum Gasteiger partial charge on any atom is -0.377 e. The Hall–Kier alpha value is -0.903. The summed E-state index contributed by atoms with van der Waals surface area (Å²) in [5.74, 6) is 2.63. The number of rotatable bonds is 14. The third kappa shape index (κ3) is 14.9. The Morgan fingerprint density at radius 2 is 1.61 bits per heavy atom. The van der Waals surface area contributed by atoms with E-state index in [1.54, 1.807) is 21.3 Å². The Labute approximate surface area is 208 Å². The van der Waals surface area contributed by atoms with Gasteiger partial charge in [-0.05, 0) is 37.0 Å². The zero-order valence-electron chi connectivity index (χ0n) is 22.7. The van der Waals surface area contributed by atoms with Crippen molar-refractivity contribution >= 4 is 26.5 Å². The molecule has 0 aliphatic heterocycles. The lowest BCUT2D eigenvalue weighted by Gasteiger charge is -2.24. The Kier molecular flexibility index (Phi) is 16.2. The first-order chi connectivity index (χ1) is 15.4. The van der Waals surface area contributed by atoms with Gasteiger partial charge in [-0.25, -0.2) is 0 Å². The maximum Gasteiger partial charge on any atom is 0.500 e. The van der Waals surface area contributed by atoms with Crippen molar-refractivity contribution in [3.63, 3.8) is 0 Å². The lowest BCUT2D eigenvalue weighted by atomic mass is 9.97. The van der Waals surface area contributed by atoms with Crippen LogP contribution in [-0.4, -0.2) is 79.2 Å². The van der Waals surface area contributed by atoms with E-state index in [1.165, 1.54) is 24.5 Å². The number of nitrogens with zero attached hydrogens (tertiary/aromatic N) is 1. The van der Waals surface area contributed by atoms with Gasteiger partial charge in [0.15, 0.2) is 0 Å². The van der Waals surface area contributed by atoms with Gasteiger partial charge in [-0.3, -0.25) is 4.79 Å². The van der Waals surface area contributed by atoms with E-state index in [9.17, 15) is 4.79 Å². The van der Waals surface area contributed by atoms with Crippen LogP contribution in [0.5, 0.6) is 0 Å². The molecule has 2 atom stereocenters. The maximum absolute atomic E-state index is 10.8. The largest absolute Gasteiger partial charge is 0.500 e. The topological polar surface area (TPSA) is 56.8 Å². The van der Waals surface area contributed by atoms with Gasteiger partial charge in [-0.2, -0.15) is 11.8 Å². The van der Waals surface area contributed by atoms with Crippen molar-refractivity contribution in [3.8, 4) is 0 Å². The Morgan fingerprint density at radius 1 is 1.06 bits per heavy atom. The summed E-state index contributed by atoms with van der Waals surface area (Å²) < 4.78 is 17.0. The molecule has 1 rings (SSSR count). The van der Waals surface area contributed by atoms with Crippen LogP contribution in [0.3, 0.4) is 0 Å². The molecule has 0 aliphatic carbocycles. The fourth-order valence-corrected chi connectivity index (χ4v) is 6.26. The fraction of sp³-hybridized carbons (Fsp3) is 0.720. The number of thioether (sulfide) groups is 1. The standard InChI is InChI=1S/C14H24N.C11H25NO4SSi/c1-6-12(2)14-9-7-13(8-10-14)11-15(3,4)5;1-10(12-11(2)13)9-17-7-6-8-18(14-3,15-4)16-5/h7-10,12H,6,11H2,1-5H3;10H,6-9H2,1-5H3,(H,12,13)/q+1;. The highest BCUT2D eigenvalue weighted by Crippen LogP contribution is 2.20. The Bertz CT molecular complexity index is 641. The van der Waals surface area contributed by atoms with Crippen molar-refractivity contribution in [1.29, 1.82) is 0 Å². The smallest absolute Gasteiger partial charge is 0.377 e. The second-order valence-electron chi connectivity index (χ2n) is 9.57. The molecule has 0 radical (unpaired) electrons. The average molecular weight is 502 g/mol. The van der Waals surface area contributed by atoms with Crippen LogP contribution < -0.4 is 5.32 Å². The number of hydrogen-bond donors (Lipinski definition) is 1. The lowest BCUT2D eigenvalue weighted by Crippen LogP contribution is -2.42. The molecule has 0 saturated carbocycles. The number of hydrogen-bond acceptors (Lipinski definition) is 5. The van der Waals surface area contributed by atoms with Crippen LogP contribution in [0, 0.1) is 0 Å². The van der Waals surface area contributed by atoms with Crippen molar-refractivity contribution < 1.29 is 22.6 Å². The van der Waals surface area contributed by atoms with Gasteiger partial charge in [0.05, 0.1) is 21.1 Å². The minimum atomic E-state index is -2.40. The predicted octanol–water partition coefficient (Wildman–Crippen LogP) is 4.92. The summed E-state index contributed by atoms with van der Waals surface area (Å²) in [6.07, 6.45) is 2.20. The van der Waals surface area contributed by atoms with Gasteiger partial charge in [-0.15, -0.1) is 0 Å². The summed E-state index contributed by atoms with van der Waals surface area (Å²) in [7, 11) is 9.16. The zero-order valence-corrected chi connectivity index (χ0v) is 24.5. The summed E-state index contributed by atoms with van der Waals surface area (Å²) in [5.41, 5.74) is 2.89. The summed E-state index contributed by atoms with van der Waals surface area (Å²) in [4.78, 5) is 10.8. The third-order valence-electron chi connectivity index (χ3n) is 5.34. The summed E-state index contributed by atoms with van der Waals surface area (Å²) >= 11 is 1.82. The van der Waals surface area contributed by atoms with E-state index in [2.05, 4.69) is 64.6 Å². The average Bonchev–Trinajstić information content (AvgIpc) is 2.75. The first-order valence-corrected chi connectivity index (χ1v) is 14.9. The van der Waals surface area contributed by atoms with Crippen LogP contribution in [0.2, 0.25) is 6.04 Å². The molecule has 6 nitrogen and oxygen atoms in total. The molecule has 0 heterocycles. The molecule has 0 aliphatic rings. The van der Waals surface area contributed by atoms with Crippen LogP contribution in [0.25, 0.3) is 0 Å². The molecule has 1 amide bonds. The van der Waals surface area contributed by atoms with E-state index in [0.29, 0.717) is 5.92 Å². The van der Waals surface area contributed by atoms with Crippen molar-refractivity contribution in [2.75, 3.05) is 54.0 Å². The molecule has 0 saturated heterocycles. The van der Waals surface area contributed by atoms with Crippen LogP contribution in [0.4, 0.5) is 0 Å². The van der Waals surface area contributed by atoms with Gasteiger partial charge in [0.25, 0.3) is 0 Å². The summed E-state index contributed by atoms with van der Waals surface area (Å²) in [6.45, 7) is 9.17. The van der Waals surface area contributed by atoms with Gasteiger partial charge in [-0.1, -0.05) is 38.1 Å². The highest BCUT2D eigenvalue weighted by Gasteiger charge is 2.36. The van der Waals surface area contributed by atoms with Crippen molar-refractivity contribution in [2.24, 2.45) is 0 Å². The summed E-state index contributed by atoms with van der Waals surface area (Å²) in [5, 5.41) is 2.86. The molecule has 2 unspecified atom stereocenters. The van der Waals surface area contributed by atoms with E-state index in [4.69, 9.17) is 13.3 Å². The lowest BCUT2D eigenvalue weighted by molar-refractivity contribution is -0.884.